The maximum Gasteiger partial charge on any atom is 0.0634 e. The molecule has 0 aliphatic rings. The number of nitrogens with one attached hydrogen (secondary N) is 2. The maximum atomic E-state index is 5.97. The summed E-state index contributed by atoms with van der Waals surface area (Å²) < 4.78 is 0. The summed E-state index contributed by atoms with van der Waals surface area (Å²) >= 11 is 5.97. The highest BCUT2D eigenvalue weighted by molar-refractivity contribution is 6.31. The van der Waals surface area contributed by atoms with E-state index in [9.17, 15) is 0 Å². The van der Waals surface area contributed by atoms with Crippen LogP contribution in [0.15, 0.2) is 48.5 Å². The van der Waals surface area contributed by atoms with Gasteiger partial charge in [-0.15, -0.1) is 0 Å². The molecule has 0 unspecified atom stereocenters. The van der Waals surface area contributed by atoms with Crippen LogP contribution in [0.2, 0.25) is 5.02 Å². The zero-order valence-corrected chi connectivity index (χ0v) is 9.75. The third kappa shape index (κ3) is 2.47. The molecule has 0 aliphatic carbocycles. The quantitative estimate of drug-likeness (QED) is 0.832. The minimum absolute atomic E-state index is 0.720. The van der Waals surface area contributed by atoms with Gasteiger partial charge < -0.3 is 10.6 Å². The van der Waals surface area contributed by atoms with Crippen molar-refractivity contribution in [3.63, 3.8) is 0 Å². The van der Waals surface area contributed by atoms with Crippen molar-refractivity contribution in [3.8, 4) is 0 Å². The lowest BCUT2D eigenvalue weighted by molar-refractivity contribution is 1.47. The highest BCUT2D eigenvalue weighted by Gasteiger charge is 2.01. The van der Waals surface area contributed by atoms with Gasteiger partial charge >= 0.3 is 0 Å². The van der Waals surface area contributed by atoms with Gasteiger partial charge in [0.1, 0.15) is 0 Å². The number of anilines is 3. The topological polar surface area (TPSA) is 24.1 Å². The molecule has 0 bridgehead atoms. The van der Waals surface area contributed by atoms with Crippen LogP contribution in [-0.4, -0.2) is 7.05 Å². The summed E-state index contributed by atoms with van der Waals surface area (Å²) in [5.74, 6) is 0. The number of hydrogen-bond acceptors (Lipinski definition) is 2. The molecule has 16 heavy (non-hydrogen) atoms. The van der Waals surface area contributed by atoms with Gasteiger partial charge in [0.05, 0.1) is 11.4 Å². The Hall–Kier alpha value is -1.67. The average Bonchev–Trinajstić information content (AvgIpc) is 2.31. The van der Waals surface area contributed by atoms with Crippen molar-refractivity contribution >= 4 is 28.7 Å². The van der Waals surface area contributed by atoms with E-state index in [0.717, 1.165) is 22.1 Å². The summed E-state index contributed by atoms with van der Waals surface area (Å²) in [6, 6.07) is 15.7. The predicted molar refractivity (Wildman–Crippen MR) is 70.7 cm³/mol. The van der Waals surface area contributed by atoms with E-state index in [1.165, 1.54) is 0 Å². The molecule has 0 spiro atoms. The average molecular weight is 233 g/mol. The molecule has 0 aromatic heterocycles. The van der Waals surface area contributed by atoms with Crippen molar-refractivity contribution < 1.29 is 0 Å². The fourth-order valence-electron chi connectivity index (χ4n) is 1.51. The lowest BCUT2D eigenvalue weighted by atomic mass is 10.2. The smallest absolute Gasteiger partial charge is 0.0634 e. The normalized spacial score (nSPS) is 9.88. The van der Waals surface area contributed by atoms with Crippen LogP contribution in [0.25, 0.3) is 0 Å². The summed E-state index contributed by atoms with van der Waals surface area (Å²) in [7, 11) is 1.89. The van der Waals surface area contributed by atoms with Crippen LogP contribution in [-0.2, 0) is 0 Å². The molecule has 0 saturated heterocycles. The van der Waals surface area contributed by atoms with Crippen molar-refractivity contribution in [1.29, 1.82) is 0 Å². The first kappa shape index (κ1) is 10.8. The summed E-state index contributed by atoms with van der Waals surface area (Å²) in [6.45, 7) is 0. The number of rotatable bonds is 3. The molecule has 0 radical (unpaired) electrons. The van der Waals surface area contributed by atoms with Crippen molar-refractivity contribution in [1.82, 2.24) is 0 Å². The molecule has 2 rings (SSSR count). The van der Waals surface area contributed by atoms with Gasteiger partial charge in [-0.05, 0) is 30.3 Å². The van der Waals surface area contributed by atoms with Gasteiger partial charge in [0.15, 0.2) is 0 Å². The molecule has 2 aromatic carbocycles. The van der Waals surface area contributed by atoms with E-state index in [-0.39, 0.29) is 0 Å². The van der Waals surface area contributed by atoms with E-state index in [4.69, 9.17) is 11.6 Å². The lowest BCUT2D eigenvalue weighted by Gasteiger charge is -2.12. The molecule has 0 saturated carbocycles. The van der Waals surface area contributed by atoms with Crippen molar-refractivity contribution in [2.24, 2.45) is 0 Å². The number of benzene rings is 2. The summed E-state index contributed by atoms with van der Waals surface area (Å²) in [6.07, 6.45) is 0. The van der Waals surface area contributed by atoms with Crippen LogP contribution >= 0.6 is 11.6 Å². The molecular weight excluding hydrogens is 220 g/mol. The van der Waals surface area contributed by atoms with Crippen LogP contribution in [0.5, 0.6) is 0 Å². The lowest BCUT2D eigenvalue weighted by Crippen LogP contribution is -1.96. The first-order valence-corrected chi connectivity index (χ1v) is 5.47. The molecule has 0 atom stereocenters. The molecule has 2 nitrogen and oxygen atoms in total. The fraction of sp³-hybridized carbons (Fsp3) is 0.0769. The van der Waals surface area contributed by atoms with E-state index >= 15 is 0 Å². The Balaban J connectivity index is 2.30. The summed E-state index contributed by atoms with van der Waals surface area (Å²) in [4.78, 5) is 0. The minimum Gasteiger partial charge on any atom is -0.386 e. The van der Waals surface area contributed by atoms with Crippen LogP contribution in [0, 0.1) is 0 Å². The van der Waals surface area contributed by atoms with Gasteiger partial charge in [0, 0.05) is 17.8 Å². The molecular formula is C13H13ClN2. The van der Waals surface area contributed by atoms with Crippen molar-refractivity contribution in [3.05, 3.63) is 53.6 Å². The van der Waals surface area contributed by atoms with Crippen LogP contribution in [0.3, 0.4) is 0 Å². The third-order valence-electron chi connectivity index (χ3n) is 2.30. The van der Waals surface area contributed by atoms with E-state index in [0.29, 0.717) is 0 Å². The summed E-state index contributed by atoms with van der Waals surface area (Å²) in [5.41, 5.74) is 3.04. The highest BCUT2D eigenvalue weighted by atomic mass is 35.5. The molecule has 3 heteroatoms. The van der Waals surface area contributed by atoms with Gasteiger partial charge in [0.25, 0.3) is 0 Å². The molecule has 2 aromatic rings. The standard InChI is InChI=1S/C13H13ClN2/c1-15-12-8-7-10(14)9-13(12)16-11-5-3-2-4-6-11/h2-9,15-16H,1H3. The predicted octanol–water partition coefficient (Wildman–Crippen LogP) is 4.13. The largest absolute Gasteiger partial charge is 0.386 e. The highest BCUT2D eigenvalue weighted by Crippen LogP contribution is 2.28. The van der Waals surface area contributed by atoms with Crippen molar-refractivity contribution in [2.75, 3.05) is 17.7 Å². The van der Waals surface area contributed by atoms with Crippen LogP contribution < -0.4 is 10.6 Å². The Morgan fingerprint density at radius 2 is 1.69 bits per heavy atom. The van der Waals surface area contributed by atoms with Gasteiger partial charge in [-0.3, -0.25) is 0 Å². The Labute approximate surface area is 100 Å². The number of hydrogen-bond donors (Lipinski definition) is 2. The zero-order valence-electron chi connectivity index (χ0n) is 9.00. The van der Waals surface area contributed by atoms with E-state index in [2.05, 4.69) is 10.6 Å². The third-order valence-corrected chi connectivity index (χ3v) is 2.54. The van der Waals surface area contributed by atoms with Gasteiger partial charge in [-0.25, -0.2) is 0 Å². The molecule has 0 amide bonds. The number of halogens is 1. The first-order chi connectivity index (χ1) is 7.79. The number of para-hydroxylation sites is 1. The molecule has 82 valence electrons. The zero-order chi connectivity index (χ0) is 11.4. The summed E-state index contributed by atoms with van der Waals surface area (Å²) in [5, 5.41) is 7.16. The van der Waals surface area contributed by atoms with Gasteiger partial charge in [-0.2, -0.15) is 0 Å². The molecule has 0 heterocycles. The Morgan fingerprint density at radius 1 is 0.938 bits per heavy atom. The Morgan fingerprint density at radius 3 is 2.38 bits per heavy atom. The first-order valence-electron chi connectivity index (χ1n) is 5.09. The van der Waals surface area contributed by atoms with E-state index < -0.39 is 0 Å². The second-order valence-corrected chi connectivity index (χ2v) is 3.87. The SMILES string of the molecule is CNc1ccc(Cl)cc1Nc1ccccc1. The second-order valence-electron chi connectivity index (χ2n) is 3.43. The second kappa shape index (κ2) is 4.90. The maximum absolute atomic E-state index is 5.97. The Bertz CT molecular complexity index is 469. The van der Waals surface area contributed by atoms with Crippen LogP contribution in [0.4, 0.5) is 17.1 Å². The molecule has 0 aliphatic heterocycles. The monoisotopic (exact) mass is 232 g/mol. The van der Waals surface area contributed by atoms with Gasteiger partial charge in [0.2, 0.25) is 0 Å². The molecule has 0 fully saturated rings. The Kier molecular flexibility index (Phi) is 3.32. The fourth-order valence-corrected chi connectivity index (χ4v) is 1.69. The molecule has 2 N–H and O–H groups in total. The van der Waals surface area contributed by atoms with E-state index in [1.54, 1.807) is 0 Å². The van der Waals surface area contributed by atoms with Crippen molar-refractivity contribution in [2.45, 2.75) is 0 Å². The van der Waals surface area contributed by atoms with E-state index in [1.807, 2.05) is 55.6 Å². The van der Waals surface area contributed by atoms with Gasteiger partial charge in [-0.1, -0.05) is 29.8 Å². The minimum atomic E-state index is 0.720. The van der Waals surface area contributed by atoms with Crippen LogP contribution in [0.1, 0.15) is 0 Å².